The van der Waals surface area contributed by atoms with Gasteiger partial charge in [-0.05, 0) is 26.1 Å². The number of aromatic nitrogens is 1. The highest BCUT2D eigenvalue weighted by Gasteiger charge is 2.36. The lowest BCUT2D eigenvalue weighted by atomic mass is 10.1. The van der Waals surface area contributed by atoms with Crippen LogP contribution in [0.5, 0.6) is 0 Å². The molecule has 2 rings (SSSR count). The van der Waals surface area contributed by atoms with E-state index in [4.69, 9.17) is 0 Å². The number of rotatable bonds is 2. The van der Waals surface area contributed by atoms with E-state index in [1.165, 1.54) is 0 Å². The third-order valence-electron chi connectivity index (χ3n) is 2.70. The van der Waals surface area contributed by atoms with E-state index in [1.54, 1.807) is 25.2 Å². The Bertz CT molecular complexity index is 540. The molecule has 0 radical (unpaired) electrons. The SMILES string of the molecule is CNCc1c(C(F)(F)F)[nH]c2ccc(C)cc12. The highest BCUT2D eigenvalue weighted by Crippen LogP contribution is 2.35. The van der Waals surface area contributed by atoms with Crippen LogP contribution in [0.25, 0.3) is 10.9 Å². The largest absolute Gasteiger partial charge is 0.431 e. The summed E-state index contributed by atoms with van der Waals surface area (Å²) >= 11 is 0. The molecule has 0 spiro atoms. The Labute approximate surface area is 96.8 Å². The average molecular weight is 242 g/mol. The van der Waals surface area contributed by atoms with E-state index in [2.05, 4.69) is 10.3 Å². The van der Waals surface area contributed by atoms with Gasteiger partial charge >= 0.3 is 6.18 Å². The predicted octanol–water partition coefficient (Wildman–Crippen LogP) is 3.21. The van der Waals surface area contributed by atoms with E-state index in [0.29, 0.717) is 10.9 Å². The quantitative estimate of drug-likeness (QED) is 0.831. The van der Waals surface area contributed by atoms with Gasteiger partial charge in [0.2, 0.25) is 0 Å². The molecule has 0 atom stereocenters. The zero-order valence-electron chi connectivity index (χ0n) is 9.57. The van der Waals surface area contributed by atoms with Crippen LogP contribution in [0.3, 0.4) is 0 Å². The van der Waals surface area contributed by atoms with Gasteiger partial charge in [0.05, 0.1) is 0 Å². The van der Waals surface area contributed by atoms with Crippen molar-refractivity contribution in [3.63, 3.8) is 0 Å². The number of hydrogen-bond donors (Lipinski definition) is 2. The molecule has 0 unspecified atom stereocenters. The normalized spacial score (nSPS) is 12.3. The molecule has 1 heterocycles. The van der Waals surface area contributed by atoms with Gasteiger partial charge in [-0.3, -0.25) is 0 Å². The van der Waals surface area contributed by atoms with Crippen LogP contribution >= 0.6 is 0 Å². The fourth-order valence-corrected chi connectivity index (χ4v) is 1.96. The summed E-state index contributed by atoms with van der Waals surface area (Å²) in [6.07, 6.45) is -4.35. The van der Waals surface area contributed by atoms with Crippen LogP contribution in [0, 0.1) is 6.92 Å². The molecule has 0 saturated carbocycles. The highest BCUT2D eigenvalue weighted by atomic mass is 19.4. The van der Waals surface area contributed by atoms with Crippen LogP contribution in [0.1, 0.15) is 16.8 Å². The van der Waals surface area contributed by atoms with Gasteiger partial charge in [-0.1, -0.05) is 11.6 Å². The van der Waals surface area contributed by atoms with E-state index >= 15 is 0 Å². The van der Waals surface area contributed by atoms with E-state index in [9.17, 15) is 13.2 Å². The Hall–Kier alpha value is -1.49. The first-order valence-electron chi connectivity index (χ1n) is 5.26. The summed E-state index contributed by atoms with van der Waals surface area (Å²) in [4.78, 5) is 2.45. The Balaban J connectivity index is 2.71. The van der Waals surface area contributed by atoms with Gasteiger partial charge < -0.3 is 10.3 Å². The first-order valence-corrected chi connectivity index (χ1v) is 5.26. The topological polar surface area (TPSA) is 27.8 Å². The van der Waals surface area contributed by atoms with Crippen molar-refractivity contribution < 1.29 is 13.2 Å². The summed E-state index contributed by atoms with van der Waals surface area (Å²) in [7, 11) is 1.63. The number of alkyl halides is 3. The Morgan fingerprint density at radius 2 is 2.00 bits per heavy atom. The van der Waals surface area contributed by atoms with E-state index in [0.717, 1.165) is 5.56 Å². The second kappa shape index (κ2) is 4.07. The van der Waals surface area contributed by atoms with E-state index in [1.807, 2.05) is 6.92 Å². The lowest BCUT2D eigenvalue weighted by molar-refractivity contribution is -0.141. The number of hydrogen-bond acceptors (Lipinski definition) is 1. The van der Waals surface area contributed by atoms with Crippen LogP contribution in [0.2, 0.25) is 0 Å². The minimum atomic E-state index is -4.35. The van der Waals surface area contributed by atoms with Crippen molar-refractivity contribution in [3.8, 4) is 0 Å². The fraction of sp³-hybridized carbons (Fsp3) is 0.333. The zero-order valence-corrected chi connectivity index (χ0v) is 9.57. The second-order valence-corrected chi connectivity index (χ2v) is 4.06. The fourth-order valence-electron chi connectivity index (χ4n) is 1.96. The molecule has 0 aliphatic heterocycles. The number of aromatic amines is 1. The molecule has 0 amide bonds. The van der Waals surface area contributed by atoms with Gasteiger partial charge in [0.1, 0.15) is 5.69 Å². The van der Waals surface area contributed by atoms with Crippen LogP contribution in [-0.2, 0) is 12.7 Å². The van der Waals surface area contributed by atoms with Crippen molar-refractivity contribution in [2.75, 3.05) is 7.05 Å². The molecule has 5 heteroatoms. The monoisotopic (exact) mass is 242 g/mol. The van der Waals surface area contributed by atoms with Crippen molar-refractivity contribution in [2.45, 2.75) is 19.6 Å². The first kappa shape index (κ1) is 12.0. The van der Waals surface area contributed by atoms with Crippen molar-refractivity contribution >= 4 is 10.9 Å². The third-order valence-corrected chi connectivity index (χ3v) is 2.70. The predicted molar refractivity (Wildman–Crippen MR) is 60.8 cm³/mol. The van der Waals surface area contributed by atoms with Crippen molar-refractivity contribution in [2.24, 2.45) is 0 Å². The standard InChI is InChI=1S/C12H13F3N2/c1-7-3-4-10-8(5-7)9(6-16-2)11(17-10)12(13,14)15/h3-5,16-17H,6H2,1-2H3. The van der Waals surface area contributed by atoms with E-state index < -0.39 is 11.9 Å². The van der Waals surface area contributed by atoms with Gasteiger partial charge in [0.25, 0.3) is 0 Å². The van der Waals surface area contributed by atoms with Crippen molar-refractivity contribution in [1.82, 2.24) is 10.3 Å². The maximum atomic E-state index is 12.9. The number of halogens is 3. The molecular weight excluding hydrogens is 229 g/mol. The summed E-state index contributed by atoms with van der Waals surface area (Å²) in [5, 5.41) is 3.41. The summed E-state index contributed by atoms with van der Waals surface area (Å²) in [6, 6.07) is 5.24. The summed E-state index contributed by atoms with van der Waals surface area (Å²) < 4.78 is 38.6. The first-order chi connectivity index (χ1) is 7.93. The van der Waals surface area contributed by atoms with Crippen LogP contribution < -0.4 is 5.32 Å². The molecule has 0 saturated heterocycles. The van der Waals surface area contributed by atoms with Crippen LogP contribution in [-0.4, -0.2) is 12.0 Å². The number of fused-ring (bicyclic) bond motifs is 1. The van der Waals surface area contributed by atoms with Crippen LogP contribution in [0.15, 0.2) is 18.2 Å². The molecular formula is C12H13F3N2. The molecule has 0 fully saturated rings. The average Bonchev–Trinajstić information content (AvgIpc) is 2.57. The number of nitrogens with one attached hydrogen (secondary N) is 2. The van der Waals surface area contributed by atoms with Gasteiger partial charge in [-0.2, -0.15) is 13.2 Å². The molecule has 17 heavy (non-hydrogen) atoms. The smallest absolute Gasteiger partial charge is 0.351 e. The number of H-pyrrole nitrogens is 1. The third kappa shape index (κ3) is 2.15. The lowest BCUT2D eigenvalue weighted by Gasteiger charge is -2.07. The zero-order chi connectivity index (χ0) is 12.6. The van der Waals surface area contributed by atoms with Crippen molar-refractivity contribution in [3.05, 3.63) is 35.0 Å². The number of benzene rings is 1. The number of aryl methyl sites for hydroxylation is 1. The van der Waals surface area contributed by atoms with Crippen molar-refractivity contribution in [1.29, 1.82) is 0 Å². The summed E-state index contributed by atoms with van der Waals surface area (Å²) in [6.45, 7) is 2.06. The summed E-state index contributed by atoms with van der Waals surface area (Å²) in [5.41, 5.74) is 1.09. The van der Waals surface area contributed by atoms with E-state index in [-0.39, 0.29) is 12.1 Å². The second-order valence-electron chi connectivity index (χ2n) is 4.06. The minimum absolute atomic E-state index is 0.193. The maximum absolute atomic E-state index is 12.9. The van der Waals surface area contributed by atoms with Gasteiger partial charge in [-0.15, -0.1) is 0 Å². The Morgan fingerprint density at radius 1 is 1.29 bits per heavy atom. The van der Waals surface area contributed by atoms with Gasteiger partial charge in [0, 0.05) is 23.0 Å². The lowest BCUT2D eigenvalue weighted by Crippen LogP contribution is -2.13. The molecule has 1 aromatic heterocycles. The van der Waals surface area contributed by atoms with Gasteiger partial charge in [-0.25, -0.2) is 0 Å². The molecule has 0 bridgehead atoms. The summed E-state index contributed by atoms with van der Waals surface area (Å²) in [5.74, 6) is 0. The molecule has 92 valence electrons. The van der Waals surface area contributed by atoms with Crippen LogP contribution in [0.4, 0.5) is 13.2 Å². The molecule has 2 N–H and O–H groups in total. The maximum Gasteiger partial charge on any atom is 0.431 e. The highest BCUT2D eigenvalue weighted by molar-refractivity contribution is 5.85. The Kier molecular flexibility index (Phi) is 2.87. The Morgan fingerprint density at radius 3 is 2.59 bits per heavy atom. The molecule has 0 aliphatic carbocycles. The molecule has 2 nitrogen and oxygen atoms in total. The van der Waals surface area contributed by atoms with Gasteiger partial charge in [0.15, 0.2) is 0 Å². The minimum Gasteiger partial charge on any atom is -0.351 e. The molecule has 0 aliphatic rings. The molecule has 2 aromatic rings. The molecule has 1 aromatic carbocycles.